The van der Waals surface area contributed by atoms with E-state index in [9.17, 15) is 32.6 Å². The van der Waals surface area contributed by atoms with Gasteiger partial charge >= 0.3 is 0 Å². The first-order chi connectivity index (χ1) is 24.3. The number of aliphatic hydroxyl groups is 2. The van der Waals surface area contributed by atoms with Gasteiger partial charge in [-0.05, 0) is 60.4 Å². The molecule has 12 nitrogen and oxygen atoms in total. The number of nitrogens with one attached hydrogen (secondary N) is 2. The van der Waals surface area contributed by atoms with Crippen LogP contribution in [0.15, 0.2) is 109 Å². The van der Waals surface area contributed by atoms with Gasteiger partial charge in [-0.25, -0.2) is 17.5 Å². The lowest BCUT2D eigenvalue weighted by Crippen LogP contribution is -2.46. The standard InChI is InChI=1S/C37H39FN6O6S/c1-24(26-14-16-30(38)17-15-26)39-36(47)28-19-29(21-31(20-28)43(2)51(3,49)50)37(48)40-32(18-25-10-6-4-7-11-25)34(45)23-44-22-33(41-42-44)35(46)27-12-8-5-9-13-27/h4-17,19-22,24,32,34-35,45-46H,18,23H2,1-3H3,(H,39,47)(H,40,48)/t24-,32+,34+,35?/m1/s1. The monoisotopic (exact) mass is 714 g/mol. The number of carbonyl (C=O) groups excluding carboxylic acids is 2. The van der Waals surface area contributed by atoms with Crippen molar-refractivity contribution >= 4 is 27.5 Å². The highest BCUT2D eigenvalue weighted by Crippen LogP contribution is 2.23. The number of aromatic nitrogens is 3. The Bertz CT molecular complexity index is 2060. The first kappa shape index (κ1) is 36.8. The lowest BCUT2D eigenvalue weighted by molar-refractivity contribution is 0.0778. The van der Waals surface area contributed by atoms with Gasteiger partial charge in [0, 0.05) is 18.2 Å². The first-order valence-corrected chi connectivity index (χ1v) is 17.9. The number of rotatable bonds is 14. The number of benzene rings is 4. The third kappa shape index (κ3) is 9.63. The van der Waals surface area contributed by atoms with Gasteiger partial charge in [-0.2, -0.15) is 0 Å². The van der Waals surface area contributed by atoms with Crippen molar-refractivity contribution in [3.8, 4) is 0 Å². The van der Waals surface area contributed by atoms with E-state index >= 15 is 0 Å². The molecule has 0 aliphatic rings. The van der Waals surface area contributed by atoms with Crippen LogP contribution in [-0.4, -0.2) is 70.9 Å². The highest BCUT2D eigenvalue weighted by atomic mass is 32.2. The van der Waals surface area contributed by atoms with Gasteiger partial charge in [-0.3, -0.25) is 13.9 Å². The van der Waals surface area contributed by atoms with Crippen LogP contribution in [0.2, 0.25) is 0 Å². The molecule has 0 bridgehead atoms. The number of amides is 2. The van der Waals surface area contributed by atoms with Crippen LogP contribution in [0, 0.1) is 5.82 Å². The van der Waals surface area contributed by atoms with E-state index in [1.807, 2.05) is 36.4 Å². The zero-order chi connectivity index (χ0) is 36.7. The van der Waals surface area contributed by atoms with Crippen LogP contribution < -0.4 is 14.9 Å². The fourth-order valence-electron chi connectivity index (χ4n) is 5.42. The number of sulfonamides is 1. The third-order valence-electron chi connectivity index (χ3n) is 8.43. The van der Waals surface area contributed by atoms with E-state index in [2.05, 4.69) is 20.9 Å². The minimum absolute atomic E-state index is 0.00869. The lowest BCUT2D eigenvalue weighted by atomic mass is 10.00. The van der Waals surface area contributed by atoms with Crippen LogP contribution in [0.25, 0.3) is 0 Å². The van der Waals surface area contributed by atoms with Crippen molar-refractivity contribution in [2.75, 3.05) is 17.6 Å². The third-order valence-corrected chi connectivity index (χ3v) is 9.63. The first-order valence-electron chi connectivity index (χ1n) is 16.1. The summed E-state index contributed by atoms with van der Waals surface area (Å²) in [5.41, 5.74) is 2.41. The van der Waals surface area contributed by atoms with E-state index in [-0.39, 0.29) is 35.5 Å². The number of carbonyl (C=O) groups is 2. The molecule has 1 unspecified atom stereocenters. The van der Waals surface area contributed by atoms with Crippen LogP contribution in [0.1, 0.15) is 62.2 Å². The normalized spacial score (nSPS) is 13.8. The van der Waals surface area contributed by atoms with Gasteiger partial charge in [0.25, 0.3) is 11.8 Å². The van der Waals surface area contributed by atoms with Crippen LogP contribution in [0.4, 0.5) is 10.1 Å². The summed E-state index contributed by atoms with van der Waals surface area (Å²) < 4.78 is 40.8. The van der Waals surface area contributed by atoms with Gasteiger partial charge in [0.05, 0.1) is 42.9 Å². The Balaban J connectivity index is 1.40. The summed E-state index contributed by atoms with van der Waals surface area (Å²) in [6.07, 6.45) is 0.507. The predicted molar refractivity (Wildman–Crippen MR) is 190 cm³/mol. The molecule has 51 heavy (non-hydrogen) atoms. The molecule has 0 aliphatic heterocycles. The van der Waals surface area contributed by atoms with Gasteiger partial charge in [-0.1, -0.05) is 78.0 Å². The Morgan fingerprint density at radius 2 is 1.45 bits per heavy atom. The van der Waals surface area contributed by atoms with Gasteiger partial charge < -0.3 is 20.8 Å². The second kappa shape index (κ2) is 16.1. The molecule has 0 fully saturated rings. The molecule has 2 amide bonds. The molecular weight excluding hydrogens is 676 g/mol. The van der Waals surface area contributed by atoms with E-state index in [1.54, 1.807) is 31.2 Å². The molecule has 4 aromatic carbocycles. The topological polar surface area (TPSA) is 167 Å². The maximum atomic E-state index is 13.9. The molecule has 4 atom stereocenters. The molecule has 5 aromatic rings. The SMILES string of the molecule is C[C@@H](NC(=O)c1cc(C(=O)N[C@@H](Cc2ccccc2)[C@@H](O)Cn2cc(C(O)c3ccccc3)nn2)cc(N(C)S(C)(=O)=O)c1)c1ccc(F)cc1. The lowest BCUT2D eigenvalue weighted by Gasteiger charge is -2.25. The van der Waals surface area contributed by atoms with Crippen LogP contribution in [0.5, 0.6) is 0 Å². The van der Waals surface area contributed by atoms with Crippen molar-refractivity contribution in [1.29, 1.82) is 0 Å². The number of nitrogens with zero attached hydrogens (tertiary/aromatic N) is 4. The Hall–Kier alpha value is -5.44. The second-order valence-corrected chi connectivity index (χ2v) is 14.3. The second-order valence-electron chi connectivity index (χ2n) is 12.3. The Labute approximate surface area is 295 Å². The summed E-state index contributed by atoms with van der Waals surface area (Å²) in [6.45, 7) is 1.62. The molecule has 5 rings (SSSR count). The number of halogens is 1. The van der Waals surface area contributed by atoms with Crippen molar-refractivity contribution in [3.05, 3.63) is 149 Å². The van der Waals surface area contributed by atoms with E-state index in [4.69, 9.17) is 0 Å². The maximum Gasteiger partial charge on any atom is 0.251 e. The minimum Gasteiger partial charge on any atom is -0.389 e. The fourth-order valence-corrected chi connectivity index (χ4v) is 5.91. The van der Waals surface area contributed by atoms with Crippen LogP contribution >= 0.6 is 0 Å². The quantitative estimate of drug-likeness (QED) is 0.135. The number of hydrogen-bond donors (Lipinski definition) is 4. The minimum atomic E-state index is -3.78. The van der Waals surface area contributed by atoms with Gasteiger partial charge in [-0.15, -0.1) is 5.10 Å². The molecule has 0 saturated carbocycles. The molecule has 1 heterocycles. The van der Waals surface area contributed by atoms with Gasteiger partial charge in [0.1, 0.15) is 17.6 Å². The van der Waals surface area contributed by atoms with Crippen LogP contribution in [-0.2, 0) is 23.0 Å². The van der Waals surface area contributed by atoms with Crippen molar-refractivity contribution < 1.29 is 32.6 Å². The summed E-state index contributed by atoms with van der Waals surface area (Å²) >= 11 is 0. The van der Waals surface area contributed by atoms with Gasteiger partial charge in [0.15, 0.2) is 0 Å². The highest BCUT2D eigenvalue weighted by Gasteiger charge is 2.26. The number of hydrogen-bond acceptors (Lipinski definition) is 8. The van der Waals surface area contributed by atoms with Crippen molar-refractivity contribution in [1.82, 2.24) is 25.6 Å². The van der Waals surface area contributed by atoms with Crippen molar-refractivity contribution in [3.63, 3.8) is 0 Å². The van der Waals surface area contributed by atoms with E-state index in [1.165, 1.54) is 60.4 Å². The summed E-state index contributed by atoms with van der Waals surface area (Å²) in [7, 11) is -2.48. The molecule has 4 N–H and O–H groups in total. The summed E-state index contributed by atoms with van der Waals surface area (Å²) in [5.74, 6) is -1.68. The summed E-state index contributed by atoms with van der Waals surface area (Å²) in [5, 5.41) is 36.0. The van der Waals surface area contributed by atoms with E-state index < -0.39 is 51.9 Å². The molecule has 0 aliphatic carbocycles. The number of aliphatic hydroxyl groups excluding tert-OH is 2. The molecule has 1 aromatic heterocycles. The fraction of sp³-hybridized carbons (Fsp3) is 0.243. The average Bonchev–Trinajstić information content (AvgIpc) is 3.59. The Kier molecular flexibility index (Phi) is 11.6. The smallest absolute Gasteiger partial charge is 0.251 e. The molecule has 0 radical (unpaired) electrons. The van der Waals surface area contributed by atoms with Gasteiger partial charge in [0.2, 0.25) is 10.0 Å². The van der Waals surface area contributed by atoms with Crippen LogP contribution in [0.3, 0.4) is 0 Å². The average molecular weight is 715 g/mol. The Morgan fingerprint density at radius 1 is 0.863 bits per heavy atom. The molecule has 0 spiro atoms. The van der Waals surface area contributed by atoms with E-state index in [0.29, 0.717) is 11.1 Å². The van der Waals surface area contributed by atoms with Crippen molar-refractivity contribution in [2.24, 2.45) is 0 Å². The summed E-state index contributed by atoms with van der Waals surface area (Å²) in [4.78, 5) is 27.4. The summed E-state index contributed by atoms with van der Waals surface area (Å²) in [6, 6.07) is 26.4. The zero-order valence-electron chi connectivity index (χ0n) is 28.2. The molecule has 0 saturated heterocycles. The molecule has 266 valence electrons. The predicted octanol–water partition coefficient (Wildman–Crippen LogP) is 3.79. The van der Waals surface area contributed by atoms with E-state index in [0.717, 1.165) is 16.1 Å². The molecular formula is C37H39FN6O6S. The highest BCUT2D eigenvalue weighted by molar-refractivity contribution is 7.92. The van der Waals surface area contributed by atoms with Crippen molar-refractivity contribution in [2.45, 2.75) is 44.2 Å². The largest absolute Gasteiger partial charge is 0.389 e. The molecule has 14 heteroatoms. The zero-order valence-corrected chi connectivity index (χ0v) is 29.0. The maximum absolute atomic E-state index is 13.9. The number of anilines is 1. The Morgan fingerprint density at radius 3 is 2.06 bits per heavy atom.